The van der Waals surface area contributed by atoms with Crippen LogP contribution in [0.1, 0.15) is 16.8 Å². The van der Waals surface area contributed by atoms with Crippen molar-refractivity contribution >= 4 is 23.2 Å². The molecule has 6 heteroatoms. The highest BCUT2D eigenvalue weighted by Gasteiger charge is 2.11. The Morgan fingerprint density at radius 1 is 1.05 bits per heavy atom. The number of carbonyl (C=O) groups excluding carboxylic acids is 2. The molecule has 0 aliphatic heterocycles. The Balaban J connectivity index is 2.18. The Hall–Kier alpha value is -3.33. The maximum absolute atomic E-state index is 12.1. The van der Waals surface area contributed by atoms with Crippen LogP contribution in [0.5, 0.6) is 5.75 Å². The van der Waals surface area contributed by atoms with Gasteiger partial charge in [0.2, 0.25) is 5.91 Å². The molecule has 110 valence electrons. The Morgan fingerprint density at radius 2 is 1.73 bits per heavy atom. The van der Waals surface area contributed by atoms with Crippen molar-refractivity contribution in [1.29, 1.82) is 5.26 Å². The SMILES string of the molecule is N#CCC(=O)Nc1ccccc1NC(=O)c1cccc(O)c1. The molecule has 0 bridgehead atoms. The lowest BCUT2D eigenvalue weighted by molar-refractivity contribution is -0.115. The molecule has 2 aromatic rings. The molecule has 2 rings (SSSR count). The third kappa shape index (κ3) is 3.84. The fourth-order valence-electron chi connectivity index (χ4n) is 1.81. The van der Waals surface area contributed by atoms with Gasteiger partial charge in [-0.1, -0.05) is 18.2 Å². The van der Waals surface area contributed by atoms with Crippen LogP contribution >= 0.6 is 0 Å². The molecule has 0 unspecified atom stereocenters. The van der Waals surface area contributed by atoms with E-state index in [-0.39, 0.29) is 17.7 Å². The van der Waals surface area contributed by atoms with Crippen LogP contribution < -0.4 is 10.6 Å². The van der Waals surface area contributed by atoms with Gasteiger partial charge >= 0.3 is 0 Å². The number of nitrogens with zero attached hydrogens (tertiary/aromatic N) is 1. The van der Waals surface area contributed by atoms with E-state index in [1.807, 2.05) is 0 Å². The molecule has 0 aliphatic rings. The molecule has 0 saturated heterocycles. The van der Waals surface area contributed by atoms with E-state index >= 15 is 0 Å². The van der Waals surface area contributed by atoms with Gasteiger partial charge in [0.15, 0.2) is 0 Å². The summed E-state index contributed by atoms with van der Waals surface area (Å²) >= 11 is 0. The van der Waals surface area contributed by atoms with Crippen molar-refractivity contribution in [1.82, 2.24) is 0 Å². The molecule has 6 nitrogen and oxygen atoms in total. The molecular weight excluding hydrogens is 282 g/mol. The van der Waals surface area contributed by atoms with Crippen LogP contribution in [0.25, 0.3) is 0 Å². The monoisotopic (exact) mass is 295 g/mol. The number of carbonyl (C=O) groups is 2. The number of nitrogens with one attached hydrogen (secondary N) is 2. The third-order valence-corrected chi connectivity index (χ3v) is 2.80. The highest BCUT2D eigenvalue weighted by Crippen LogP contribution is 2.22. The zero-order valence-electron chi connectivity index (χ0n) is 11.5. The second-order valence-electron chi connectivity index (χ2n) is 4.43. The highest BCUT2D eigenvalue weighted by atomic mass is 16.3. The number of benzene rings is 2. The van der Waals surface area contributed by atoms with E-state index < -0.39 is 11.8 Å². The van der Waals surface area contributed by atoms with Gasteiger partial charge in [-0.15, -0.1) is 0 Å². The summed E-state index contributed by atoms with van der Waals surface area (Å²) in [6.45, 7) is 0. The Morgan fingerprint density at radius 3 is 2.36 bits per heavy atom. The summed E-state index contributed by atoms with van der Waals surface area (Å²) in [5.74, 6) is -0.886. The molecule has 22 heavy (non-hydrogen) atoms. The summed E-state index contributed by atoms with van der Waals surface area (Å²) in [5, 5.41) is 23.1. The van der Waals surface area contributed by atoms with Gasteiger partial charge in [0.1, 0.15) is 12.2 Å². The van der Waals surface area contributed by atoms with Crippen molar-refractivity contribution in [2.75, 3.05) is 10.6 Å². The van der Waals surface area contributed by atoms with Crippen LogP contribution in [0.2, 0.25) is 0 Å². The summed E-state index contributed by atoms with van der Waals surface area (Å²) in [4.78, 5) is 23.6. The van der Waals surface area contributed by atoms with Crippen molar-refractivity contribution < 1.29 is 14.7 Å². The summed E-state index contributed by atoms with van der Waals surface area (Å²) in [5.41, 5.74) is 1.09. The van der Waals surface area contributed by atoms with E-state index in [1.165, 1.54) is 12.1 Å². The van der Waals surface area contributed by atoms with E-state index in [0.717, 1.165) is 0 Å². The highest BCUT2D eigenvalue weighted by molar-refractivity contribution is 6.07. The molecule has 2 aromatic carbocycles. The normalized spacial score (nSPS) is 9.59. The lowest BCUT2D eigenvalue weighted by Crippen LogP contribution is -2.16. The number of phenols is 1. The van der Waals surface area contributed by atoms with E-state index in [0.29, 0.717) is 11.4 Å². The number of amides is 2. The molecule has 3 N–H and O–H groups in total. The minimum Gasteiger partial charge on any atom is -0.508 e. The van der Waals surface area contributed by atoms with Gasteiger partial charge < -0.3 is 15.7 Å². The lowest BCUT2D eigenvalue weighted by Gasteiger charge is -2.11. The van der Waals surface area contributed by atoms with Crippen molar-refractivity contribution in [3.8, 4) is 11.8 Å². The molecule has 0 aromatic heterocycles. The van der Waals surface area contributed by atoms with Gasteiger partial charge in [0, 0.05) is 5.56 Å². The average Bonchev–Trinajstić information content (AvgIpc) is 2.49. The van der Waals surface area contributed by atoms with E-state index in [1.54, 1.807) is 42.5 Å². The van der Waals surface area contributed by atoms with Crippen molar-refractivity contribution in [3.63, 3.8) is 0 Å². The maximum atomic E-state index is 12.1. The molecule has 0 atom stereocenters. The van der Waals surface area contributed by atoms with E-state index in [4.69, 9.17) is 5.26 Å². The minimum atomic E-state index is -0.457. The number of phenolic OH excluding ortho intramolecular Hbond substituents is 1. The number of aromatic hydroxyl groups is 1. The summed E-state index contributed by atoms with van der Waals surface area (Å²) in [6.07, 6.45) is -0.269. The van der Waals surface area contributed by atoms with Crippen molar-refractivity contribution in [2.45, 2.75) is 6.42 Å². The molecule has 2 amide bonds. The molecule has 0 aliphatic carbocycles. The molecule has 0 saturated carbocycles. The summed E-state index contributed by atoms with van der Waals surface area (Å²) in [7, 11) is 0. The van der Waals surface area contributed by atoms with Crippen LogP contribution in [-0.4, -0.2) is 16.9 Å². The van der Waals surface area contributed by atoms with Crippen LogP contribution in [0.3, 0.4) is 0 Å². The molecule has 0 heterocycles. The molecular formula is C16H13N3O3. The second-order valence-corrected chi connectivity index (χ2v) is 4.43. The summed E-state index contributed by atoms with van der Waals surface area (Å²) in [6, 6.07) is 14.3. The minimum absolute atomic E-state index is 0.0109. The molecule has 0 spiro atoms. The smallest absolute Gasteiger partial charge is 0.255 e. The van der Waals surface area contributed by atoms with Gasteiger partial charge in [-0.25, -0.2) is 0 Å². The number of nitriles is 1. The number of hydrogen-bond acceptors (Lipinski definition) is 4. The standard InChI is InChI=1S/C16H13N3O3/c17-9-8-15(21)18-13-6-1-2-7-14(13)19-16(22)11-4-3-5-12(20)10-11/h1-7,10,20H,8H2,(H,18,21)(H,19,22). The van der Waals surface area contributed by atoms with Gasteiger partial charge in [-0.2, -0.15) is 5.26 Å². The Labute approximate surface area is 127 Å². The quantitative estimate of drug-likeness (QED) is 0.806. The largest absolute Gasteiger partial charge is 0.508 e. The first-order chi connectivity index (χ1) is 10.6. The average molecular weight is 295 g/mol. The van der Waals surface area contributed by atoms with Crippen molar-refractivity contribution in [3.05, 3.63) is 54.1 Å². The first-order valence-electron chi connectivity index (χ1n) is 6.46. The van der Waals surface area contributed by atoms with Gasteiger partial charge in [-0.3, -0.25) is 9.59 Å². The molecule has 0 radical (unpaired) electrons. The van der Waals surface area contributed by atoms with Gasteiger partial charge in [0.05, 0.1) is 17.4 Å². The van der Waals surface area contributed by atoms with Crippen LogP contribution in [0, 0.1) is 11.3 Å². The van der Waals surface area contributed by atoms with Crippen molar-refractivity contribution in [2.24, 2.45) is 0 Å². The van der Waals surface area contributed by atoms with Crippen LogP contribution in [0.4, 0.5) is 11.4 Å². The predicted octanol–water partition coefficient (Wildman–Crippen LogP) is 2.50. The number of hydrogen-bond donors (Lipinski definition) is 3. The topological polar surface area (TPSA) is 102 Å². The summed E-state index contributed by atoms with van der Waals surface area (Å²) < 4.78 is 0. The Bertz CT molecular complexity index is 750. The predicted molar refractivity (Wildman–Crippen MR) is 81.4 cm³/mol. The first kappa shape index (κ1) is 15.1. The first-order valence-corrected chi connectivity index (χ1v) is 6.46. The maximum Gasteiger partial charge on any atom is 0.255 e. The molecule has 0 fully saturated rings. The number of anilines is 2. The second kappa shape index (κ2) is 6.90. The van der Waals surface area contributed by atoms with Crippen LogP contribution in [-0.2, 0) is 4.79 Å². The Kier molecular flexibility index (Phi) is 4.73. The third-order valence-electron chi connectivity index (χ3n) is 2.80. The van der Waals surface area contributed by atoms with Gasteiger partial charge in [-0.05, 0) is 30.3 Å². The van der Waals surface area contributed by atoms with E-state index in [2.05, 4.69) is 10.6 Å². The fraction of sp³-hybridized carbons (Fsp3) is 0.0625. The zero-order valence-corrected chi connectivity index (χ0v) is 11.5. The number of para-hydroxylation sites is 2. The fourth-order valence-corrected chi connectivity index (χ4v) is 1.81. The van der Waals surface area contributed by atoms with Crippen LogP contribution in [0.15, 0.2) is 48.5 Å². The zero-order chi connectivity index (χ0) is 15.9. The van der Waals surface area contributed by atoms with E-state index in [9.17, 15) is 14.7 Å². The lowest BCUT2D eigenvalue weighted by atomic mass is 10.2. The number of rotatable bonds is 4. The van der Waals surface area contributed by atoms with Gasteiger partial charge in [0.25, 0.3) is 5.91 Å².